The highest BCUT2D eigenvalue weighted by Crippen LogP contribution is 2.17. The largest absolute Gasteiger partial charge is 0.497 e. The van der Waals surface area contributed by atoms with E-state index in [0.29, 0.717) is 21.7 Å². The summed E-state index contributed by atoms with van der Waals surface area (Å²) >= 11 is 5.90. The molecule has 0 bridgehead atoms. The summed E-state index contributed by atoms with van der Waals surface area (Å²) in [7, 11) is 1.57. The van der Waals surface area contributed by atoms with Crippen molar-refractivity contribution in [3.05, 3.63) is 81.1 Å². The third-order valence-corrected chi connectivity index (χ3v) is 4.26. The summed E-state index contributed by atoms with van der Waals surface area (Å²) in [5, 5.41) is 1.15. The first-order valence-electron chi connectivity index (χ1n) is 8.17. The highest BCUT2D eigenvalue weighted by Gasteiger charge is 2.15. The van der Waals surface area contributed by atoms with Crippen molar-refractivity contribution in [2.24, 2.45) is 0 Å². The molecule has 0 fully saturated rings. The van der Waals surface area contributed by atoms with E-state index < -0.39 is 11.3 Å². The van der Waals surface area contributed by atoms with E-state index in [1.165, 1.54) is 12.1 Å². The second-order valence-electron chi connectivity index (χ2n) is 5.92. The van der Waals surface area contributed by atoms with Crippen molar-refractivity contribution in [3.63, 3.8) is 0 Å². The number of ketones is 2. The van der Waals surface area contributed by atoms with Crippen molar-refractivity contribution in [2.75, 3.05) is 7.11 Å². The minimum absolute atomic E-state index is 0.0454. The van der Waals surface area contributed by atoms with Gasteiger partial charge in [0.05, 0.1) is 19.1 Å². The number of rotatable bonds is 6. The zero-order valence-corrected chi connectivity index (χ0v) is 15.2. The summed E-state index contributed by atoms with van der Waals surface area (Å²) in [6.07, 6.45) is 2.56. The van der Waals surface area contributed by atoms with Gasteiger partial charge in [-0.05, 0) is 47.4 Å². The van der Waals surface area contributed by atoms with Gasteiger partial charge in [0.2, 0.25) is 0 Å². The standard InChI is InChI=1S/C21H16ClNO4/c1-27-17-8-3-13(4-9-17)2-7-16(24)12-20(25)18-10-14-5-6-15(22)11-19(14)23-21(18)26/h2-11H,12H2,1H3,(H,23,26)/b7-2-. The van der Waals surface area contributed by atoms with E-state index in [4.69, 9.17) is 16.3 Å². The molecule has 5 nitrogen and oxygen atoms in total. The van der Waals surface area contributed by atoms with E-state index in [-0.39, 0.29) is 17.8 Å². The van der Waals surface area contributed by atoms with E-state index in [0.717, 1.165) is 5.56 Å². The predicted octanol–water partition coefficient (Wildman–Crippen LogP) is 4.05. The summed E-state index contributed by atoms with van der Waals surface area (Å²) in [6.45, 7) is 0. The van der Waals surface area contributed by atoms with E-state index >= 15 is 0 Å². The lowest BCUT2D eigenvalue weighted by Crippen LogP contribution is -2.19. The molecule has 27 heavy (non-hydrogen) atoms. The number of hydrogen-bond donors (Lipinski definition) is 1. The fourth-order valence-electron chi connectivity index (χ4n) is 2.60. The van der Waals surface area contributed by atoms with E-state index in [1.54, 1.807) is 55.7 Å². The van der Waals surface area contributed by atoms with Crippen LogP contribution in [0.1, 0.15) is 22.3 Å². The molecule has 0 radical (unpaired) electrons. The number of benzene rings is 2. The molecule has 2 aromatic carbocycles. The highest BCUT2D eigenvalue weighted by molar-refractivity contribution is 6.31. The molecule has 1 N–H and O–H groups in total. The zero-order chi connectivity index (χ0) is 19.4. The molecule has 0 aliphatic rings. The van der Waals surface area contributed by atoms with Gasteiger partial charge in [-0.2, -0.15) is 0 Å². The van der Waals surface area contributed by atoms with Crippen LogP contribution in [0.2, 0.25) is 5.02 Å². The molecular formula is C21H16ClNO4. The number of nitrogens with one attached hydrogen (secondary N) is 1. The molecule has 0 aliphatic carbocycles. The molecule has 0 unspecified atom stereocenters. The van der Waals surface area contributed by atoms with E-state index in [1.807, 2.05) is 0 Å². The number of allylic oxidation sites excluding steroid dienone is 1. The molecule has 0 aliphatic heterocycles. The SMILES string of the molecule is COc1ccc(/C=C\C(=O)CC(=O)c2cc3ccc(Cl)cc3[nH]c2=O)cc1. The van der Waals surface area contributed by atoms with Crippen LogP contribution in [0, 0.1) is 0 Å². The number of carbonyl (C=O) groups is 2. The van der Waals surface area contributed by atoms with Crippen LogP contribution in [-0.2, 0) is 4.79 Å². The normalized spacial score (nSPS) is 11.0. The monoisotopic (exact) mass is 381 g/mol. The molecule has 1 heterocycles. The minimum Gasteiger partial charge on any atom is -0.497 e. The average molecular weight is 382 g/mol. The number of aromatic amines is 1. The highest BCUT2D eigenvalue weighted by atomic mass is 35.5. The maximum absolute atomic E-state index is 12.4. The number of halogens is 1. The second-order valence-corrected chi connectivity index (χ2v) is 6.35. The first kappa shape index (κ1) is 18.6. The van der Waals surface area contributed by atoms with Gasteiger partial charge in [-0.25, -0.2) is 0 Å². The maximum atomic E-state index is 12.4. The summed E-state index contributed by atoms with van der Waals surface area (Å²) in [5.41, 5.74) is 0.754. The Balaban J connectivity index is 1.74. The molecule has 0 saturated carbocycles. The van der Waals surface area contributed by atoms with Gasteiger partial charge < -0.3 is 9.72 Å². The van der Waals surface area contributed by atoms with Crippen molar-refractivity contribution < 1.29 is 14.3 Å². The van der Waals surface area contributed by atoms with Crippen molar-refractivity contribution in [3.8, 4) is 5.75 Å². The Hall–Kier alpha value is -3.18. The Morgan fingerprint density at radius 1 is 1.11 bits per heavy atom. The number of fused-ring (bicyclic) bond motifs is 1. The topological polar surface area (TPSA) is 76.2 Å². The fraction of sp³-hybridized carbons (Fsp3) is 0.0952. The van der Waals surface area contributed by atoms with E-state index in [9.17, 15) is 14.4 Å². The van der Waals surface area contributed by atoms with E-state index in [2.05, 4.69) is 4.98 Å². The first-order valence-corrected chi connectivity index (χ1v) is 8.55. The number of hydrogen-bond acceptors (Lipinski definition) is 4. The van der Waals surface area contributed by atoms with Gasteiger partial charge in [-0.15, -0.1) is 0 Å². The van der Waals surface area contributed by atoms with Crippen LogP contribution in [0.3, 0.4) is 0 Å². The first-order chi connectivity index (χ1) is 13.0. The molecule has 6 heteroatoms. The lowest BCUT2D eigenvalue weighted by molar-refractivity contribution is -0.113. The molecule has 3 aromatic rings. The Labute approximate surface area is 160 Å². The van der Waals surface area contributed by atoms with Gasteiger partial charge >= 0.3 is 0 Å². The Morgan fingerprint density at radius 2 is 1.85 bits per heavy atom. The second kappa shape index (κ2) is 8.01. The number of aromatic nitrogens is 1. The van der Waals surface area contributed by atoms with Gasteiger partial charge in [0.25, 0.3) is 5.56 Å². The Bertz CT molecular complexity index is 1100. The summed E-state index contributed by atoms with van der Waals surface area (Å²) in [5.74, 6) is -0.200. The van der Waals surface area contributed by atoms with Crippen molar-refractivity contribution in [2.45, 2.75) is 6.42 Å². The summed E-state index contributed by atoms with van der Waals surface area (Å²) in [4.78, 5) is 39.2. The molecule has 0 atom stereocenters. The number of methoxy groups -OCH3 is 1. The van der Waals surface area contributed by atoms with Crippen molar-refractivity contribution in [1.29, 1.82) is 0 Å². The van der Waals surface area contributed by atoms with Crippen LogP contribution >= 0.6 is 11.6 Å². The molecule has 0 saturated heterocycles. The molecule has 136 valence electrons. The number of H-pyrrole nitrogens is 1. The van der Waals surface area contributed by atoms with Crippen LogP contribution in [0.4, 0.5) is 0 Å². The lowest BCUT2D eigenvalue weighted by Gasteiger charge is -2.02. The molecule has 1 aromatic heterocycles. The van der Waals surface area contributed by atoms with Gasteiger partial charge in [-0.3, -0.25) is 14.4 Å². The molecular weight excluding hydrogens is 366 g/mol. The molecule has 0 amide bonds. The van der Waals surface area contributed by atoms with Gasteiger partial charge in [0.1, 0.15) is 5.75 Å². The number of ether oxygens (including phenoxy) is 1. The quantitative estimate of drug-likeness (QED) is 0.397. The van der Waals surface area contributed by atoms with Gasteiger partial charge in [0, 0.05) is 10.5 Å². The number of Topliss-reactive ketones (excluding diaryl/α,β-unsaturated/α-hetero) is 1. The van der Waals surface area contributed by atoms with Crippen LogP contribution in [0.5, 0.6) is 5.75 Å². The Morgan fingerprint density at radius 3 is 2.56 bits per heavy atom. The summed E-state index contributed by atoms with van der Waals surface area (Å²) in [6, 6.07) is 13.6. The van der Waals surface area contributed by atoms with Crippen molar-refractivity contribution >= 4 is 40.1 Å². The van der Waals surface area contributed by atoms with Crippen LogP contribution in [-0.4, -0.2) is 23.7 Å². The van der Waals surface area contributed by atoms with Gasteiger partial charge in [-0.1, -0.05) is 35.9 Å². The van der Waals surface area contributed by atoms with Crippen molar-refractivity contribution in [1.82, 2.24) is 4.98 Å². The predicted molar refractivity (Wildman–Crippen MR) is 106 cm³/mol. The third-order valence-electron chi connectivity index (χ3n) is 4.02. The average Bonchev–Trinajstić information content (AvgIpc) is 2.66. The number of carbonyl (C=O) groups excluding carboxylic acids is 2. The maximum Gasteiger partial charge on any atom is 0.259 e. The van der Waals surface area contributed by atoms with Crippen LogP contribution in [0.15, 0.2) is 59.4 Å². The third kappa shape index (κ3) is 4.51. The lowest BCUT2D eigenvalue weighted by atomic mass is 10.0. The minimum atomic E-state index is -0.540. The molecule has 3 rings (SSSR count). The fourth-order valence-corrected chi connectivity index (χ4v) is 2.77. The van der Waals surface area contributed by atoms with Crippen LogP contribution in [0.25, 0.3) is 17.0 Å². The number of pyridine rings is 1. The summed E-state index contributed by atoms with van der Waals surface area (Å²) < 4.78 is 5.07. The molecule has 0 spiro atoms. The van der Waals surface area contributed by atoms with Crippen LogP contribution < -0.4 is 10.3 Å². The van der Waals surface area contributed by atoms with Gasteiger partial charge in [0.15, 0.2) is 11.6 Å². The Kier molecular flexibility index (Phi) is 5.52. The zero-order valence-electron chi connectivity index (χ0n) is 14.5. The smallest absolute Gasteiger partial charge is 0.259 e.